The first kappa shape index (κ1) is 15.0. The van der Waals surface area contributed by atoms with Gasteiger partial charge in [-0.1, -0.05) is 30.3 Å². The molecule has 1 saturated carbocycles. The van der Waals surface area contributed by atoms with Crippen LogP contribution in [-0.2, 0) is 16.0 Å². The van der Waals surface area contributed by atoms with Crippen LogP contribution in [0.5, 0.6) is 0 Å². The summed E-state index contributed by atoms with van der Waals surface area (Å²) in [5.41, 5.74) is 6.90. The number of benzene rings is 1. The molecular weight excluding hydrogens is 252 g/mol. The highest BCUT2D eigenvalue weighted by Gasteiger charge is 2.32. The van der Waals surface area contributed by atoms with Crippen LogP contribution in [0, 0.1) is 5.92 Å². The molecule has 110 valence electrons. The molecule has 1 aromatic carbocycles. The predicted octanol–water partition coefficient (Wildman–Crippen LogP) is 1.49. The van der Waals surface area contributed by atoms with E-state index >= 15 is 0 Å². The Kier molecular flexibility index (Phi) is 5.56. The smallest absolute Gasteiger partial charge is 0.224 e. The Hall–Kier alpha value is -1.39. The summed E-state index contributed by atoms with van der Waals surface area (Å²) in [5.74, 6) is -0.0835. The third-order valence-electron chi connectivity index (χ3n) is 3.82. The number of carbonyl (C=O) groups excluding carboxylic acids is 1. The van der Waals surface area contributed by atoms with Gasteiger partial charge < -0.3 is 15.8 Å². The van der Waals surface area contributed by atoms with Crippen LogP contribution in [0.15, 0.2) is 30.3 Å². The van der Waals surface area contributed by atoms with Crippen molar-refractivity contribution < 1.29 is 9.53 Å². The molecule has 2 rings (SSSR count). The summed E-state index contributed by atoms with van der Waals surface area (Å²) in [6.07, 6.45) is 2.85. The van der Waals surface area contributed by atoms with Gasteiger partial charge in [0.25, 0.3) is 0 Å². The largest absolute Gasteiger partial charge is 0.378 e. The van der Waals surface area contributed by atoms with E-state index in [0.717, 1.165) is 25.0 Å². The fourth-order valence-corrected chi connectivity index (χ4v) is 2.56. The highest BCUT2D eigenvalue weighted by atomic mass is 16.5. The zero-order valence-electron chi connectivity index (χ0n) is 12.0. The zero-order valence-corrected chi connectivity index (χ0v) is 12.0. The molecule has 4 heteroatoms. The number of nitrogens with one attached hydrogen (secondary N) is 1. The summed E-state index contributed by atoms with van der Waals surface area (Å²) in [6, 6.07) is 10.3. The van der Waals surface area contributed by atoms with Crippen LogP contribution in [-0.4, -0.2) is 31.2 Å². The number of nitrogens with two attached hydrogens (primary N) is 1. The molecule has 0 aromatic heterocycles. The minimum absolute atomic E-state index is 0.0660. The molecule has 0 heterocycles. The van der Waals surface area contributed by atoms with Gasteiger partial charge in [0.2, 0.25) is 5.91 Å². The predicted molar refractivity (Wildman–Crippen MR) is 79.3 cm³/mol. The van der Waals surface area contributed by atoms with Gasteiger partial charge in [-0.25, -0.2) is 0 Å². The number of rotatable bonds is 7. The van der Waals surface area contributed by atoms with Crippen molar-refractivity contribution in [3.8, 4) is 0 Å². The van der Waals surface area contributed by atoms with Gasteiger partial charge in [-0.05, 0) is 31.7 Å². The number of ether oxygens (including phenoxy) is 1. The highest BCUT2D eigenvalue weighted by molar-refractivity contribution is 5.79. The molecular formula is C16H24N2O2. The minimum Gasteiger partial charge on any atom is -0.378 e. The van der Waals surface area contributed by atoms with Crippen molar-refractivity contribution in [1.82, 2.24) is 5.32 Å². The van der Waals surface area contributed by atoms with Crippen molar-refractivity contribution in [2.75, 3.05) is 13.2 Å². The molecule has 0 saturated heterocycles. The van der Waals surface area contributed by atoms with Crippen LogP contribution in [0.3, 0.4) is 0 Å². The van der Waals surface area contributed by atoms with Crippen LogP contribution in [0.25, 0.3) is 0 Å². The van der Waals surface area contributed by atoms with E-state index in [1.165, 1.54) is 0 Å². The minimum atomic E-state index is -0.149. The molecule has 1 aliphatic rings. The summed E-state index contributed by atoms with van der Waals surface area (Å²) in [7, 11) is 0. The van der Waals surface area contributed by atoms with Crippen molar-refractivity contribution in [2.24, 2.45) is 11.7 Å². The molecule has 1 amide bonds. The molecule has 1 aromatic rings. The molecule has 0 bridgehead atoms. The highest BCUT2D eigenvalue weighted by Crippen LogP contribution is 2.23. The molecule has 0 aliphatic heterocycles. The number of hydrogen-bond acceptors (Lipinski definition) is 3. The third kappa shape index (κ3) is 4.05. The van der Waals surface area contributed by atoms with Crippen molar-refractivity contribution in [3.05, 3.63) is 35.9 Å². The van der Waals surface area contributed by atoms with Crippen molar-refractivity contribution in [2.45, 2.75) is 38.3 Å². The van der Waals surface area contributed by atoms with E-state index in [-0.39, 0.29) is 17.9 Å². The summed E-state index contributed by atoms with van der Waals surface area (Å²) >= 11 is 0. The Morgan fingerprint density at radius 1 is 1.40 bits per heavy atom. The van der Waals surface area contributed by atoms with E-state index in [4.69, 9.17) is 10.5 Å². The maximum atomic E-state index is 12.2. The molecule has 0 radical (unpaired) electrons. The number of hydrogen-bond donors (Lipinski definition) is 2. The fraction of sp³-hybridized carbons (Fsp3) is 0.562. The summed E-state index contributed by atoms with van der Waals surface area (Å²) in [4.78, 5) is 12.2. The second-order valence-corrected chi connectivity index (χ2v) is 5.38. The maximum Gasteiger partial charge on any atom is 0.224 e. The average molecular weight is 276 g/mol. The summed E-state index contributed by atoms with van der Waals surface area (Å²) in [6.45, 7) is 3.11. The molecule has 1 aliphatic carbocycles. The van der Waals surface area contributed by atoms with Crippen molar-refractivity contribution in [1.29, 1.82) is 0 Å². The standard InChI is InChI=1S/C16H24N2O2/c1-2-20-15-9-14(10-15)18-16(19)13(11-17)8-12-6-4-3-5-7-12/h3-7,13-15H,2,8-11,17H2,1H3,(H,18,19). The van der Waals surface area contributed by atoms with E-state index < -0.39 is 0 Å². The second-order valence-electron chi connectivity index (χ2n) is 5.38. The lowest BCUT2D eigenvalue weighted by atomic mass is 9.88. The fourth-order valence-electron chi connectivity index (χ4n) is 2.56. The normalized spacial score (nSPS) is 22.9. The van der Waals surface area contributed by atoms with Crippen molar-refractivity contribution >= 4 is 5.91 Å². The Bertz CT molecular complexity index is 416. The molecule has 1 atom stereocenters. The topological polar surface area (TPSA) is 64.3 Å². The number of carbonyl (C=O) groups is 1. The van der Waals surface area contributed by atoms with Gasteiger partial charge in [0.05, 0.1) is 12.0 Å². The van der Waals surface area contributed by atoms with Gasteiger partial charge in [-0.2, -0.15) is 0 Å². The van der Waals surface area contributed by atoms with E-state index in [9.17, 15) is 4.79 Å². The Balaban J connectivity index is 1.78. The Morgan fingerprint density at radius 2 is 2.10 bits per heavy atom. The molecule has 1 fully saturated rings. The lowest BCUT2D eigenvalue weighted by molar-refractivity contribution is -0.127. The van der Waals surface area contributed by atoms with E-state index in [1.54, 1.807) is 0 Å². The van der Waals surface area contributed by atoms with Crippen LogP contribution < -0.4 is 11.1 Å². The van der Waals surface area contributed by atoms with Gasteiger partial charge in [0.1, 0.15) is 0 Å². The average Bonchev–Trinajstić information content (AvgIpc) is 2.43. The quantitative estimate of drug-likeness (QED) is 0.793. The number of amides is 1. The van der Waals surface area contributed by atoms with Gasteiger partial charge in [-0.3, -0.25) is 4.79 Å². The summed E-state index contributed by atoms with van der Waals surface area (Å²) in [5, 5.41) is 3.08. The zero-order chi connectivity index (χ0) is 14.4. The first-order chi connectivity index (χ1) is 9.72. The first-order valence-electron chi connectivity index (χ1n) is 7.38. The van der Waals surface area contributed by atoms with Crippen molar-refractivity contribution in [3.63, 3.8) is 0 Å². The van der Waals surface area contributed by atoms with Gasteiger partial charge in [-0.15, -0.1) is 0 Å². The molecule has 3 N–H and O–H groups in total. The molecule has 0 spiro atoms. The Labute approximate surface area is 120 Å². The van der Waals surface area contributed by atoms with E-state index in [0.29, 0.717) is 19.1 Å². The second kappa shape index (κ2) is 7.41. The molecule has 1 unspecified atom stereocenters. The molecule has 4 nitrogen and oxygen atoms in total. The van der Waals surface area contributed by atoms with Crippen LogP contribution in [0.4, 0.5) is 0 Å². The van der Waals surface area contributed by atoms with Crippen LogP contribution >= 0.6 is 0 Å². The summed E-state index contributed by atoms with van der Waals surface area (Å²) < 4.78 is 5.50. The van der Waals surface area contributed by atoms with E-state index in [2.05, 4.69) is 5.32 Å². The first-order valence-corrected chi connectivity index (χ1v) is 7.38. The van der Waals surface area contributed by atoms with Crippen LogP contribution in [0.2, 0.25) is 0 Å². The van der Waals surface area contributed by atoms with Crippen LogP contribution in [0.1, 0.15) is 25.3 Å². The van der Waals surface area contributed by atoms with E-state index in [1.807, 2.05) is 37.3 Å². The lowest BCUT2D eigenvalue weighted by Crippen LogP contribution is -2.50. The van der Waals surface area contributed by atoms with Gasteiger partial charge in [0, 0.05) is 19.2 Å². The van der Waals surface area contributed by atoms with Gasteiger partial charge in [0.15, 0.2) is 0 Å². The lowest BCUT2D eigenvalue weighted by Gasteiger charge is -2.36. The Morgan fingerprint density at radius 3 is 2.70 bits per heavy atom. The maximum absolute atomic E-state index is 12.2. The van der Waals surface area contributed by atoms with Gasteiger partial charge >= 0.3 is 0 Å². The third-order valence-corrected chi connectivity index (χ3v) is 3.82. The SMILES string of the molecule is CCOC1CC(NC(=O)C(CN)Cc2ccccc2)C1. The monoisotopic (exact) mass is 276 g/mol. The molecule has 20 heavy (non-hydrogen) atoms.